The molecule has 4 nitrogen and oxygen atoms in total. The van der Waals surface area contributed by atoms with Gasteiger partial charge < -0.3 is 4.74 Å². The van der Waals surface area contributed by atoms with Gasteiger partial charge in [-0.3, -0.25) is 4.79 Å². The van der Waals surface area contributed by atoms with Crippen LogP contribution in [0.4, 0.5) is 0 Å². The molecule has 0 spiro atoms. The van der Waals surface area contributed by atoms with E-state index in [9.17, 15) is 4.79 Å². The number of methoxy groups -OCH3 is 1. The zero-order valence-electron chi connectivity index (χ0n) is 12.7. The van der Waals surface area contributed by atoms with E-state index >= 15 is 0 Å². The van der Waals surface area contributed by atoms with Gasteiger partial charge in [0.25, 0.3) is 5.91 Å². The maximum Gasteiger partial charge on any atom is 0.271 e. The van der Waals surface area contributed by atoms with Crippen molar-refractivity contribution in [3.8, 4) is 5.75 Å². The summed E-state index contributed by atoms with van der Waals surface area (Å²) in [5.74, 6) is 0.445. The summed E-state index contributed by atoms with van der Waals surface area (Å²) in [7, 11) is 1.59. The Kier molecular flexibility index (Phi) is 5.33. The molecule has 0 unspecified atom stereocenters. The van der Waals surface area contributed by atoms with Crippen LogP contribution in [0.3, 0.4) is 0 Å². The van der Waals surface area contributed by atoms with Crippen molar-refractivity contribution in [1.29, 1.82) is 0 Å². The first-order chi connectivity index (χ1) is 10.5. The van der Waals surface area contributed by atoms with Crippen molar-refractivity contribution in [3.63, 3.8) is 0 Å². The highest BCUT2D eigenvalue weighted by Gasteiger charge is 2.06. The second kappa shape index (κ2) is 7.22. The Balaban J connectivity index is 2.10. The van der Waals surface area contributed by atoms with Crippen LogP contribution >= 0.6 is 15.9 Å². The van der Waals surface area contributed by atoms with Crippen molar-refractivity contribution in [1.82, 2.24) is 5.43 Å². The zero-order chi connectivity index (χ0) is 16.1. The summed E-state index contributed by atoms with van der Waals surface area (Å²) >= 11 is 3.39. The molecule has 1 amide bonds. The fourth-order valence-electron chi connectivity index (χ4n) is 1.91. The lowest BCUT2D eigenvalue weighted by molar-refractivity contribution is 0.0955. The summed E-state index contributed by atoms with van der Waals surface area (Å²) in [4.78, 5) is 12.1. The molecule has 0 heterocycles. The molecular formula is C17H17BrN2O2. The van der Waals surface area contributed by atoms with E-state index in [1.54, 1.807) is 19.4 Å². The number of nitrogens with one attached hydrogen (secondary N) is 1. The highest BCUT2D eigenvalue weighted by molar-refractivity contribution is 9.10. The van der Waals surface area contributed by atoms with Gasteiger partial charge in [-0.05, 0) is 55.3 Å². The minimum Gasteiger partial charge on any atom is -0.496 e. The van der Waals surface area contributed by atoms with Crippen molar-refractivity contribution in [2.45, 2.75) is 13.8 Å². The van der Waals surface area contributed by atoms with Gasteiger partial charge in [0.2, 0.25) is 0 Å². The number of nitrogens with zero attached hydrogens (tertiary/aromatic N) is 1. The van der Waals surface area contributed by atoms with Gasteiger partial charge in [0.1, 0.15) is 5.75 Å². The van der Waals surface area contributed by atoms with Crippen LogP contribution in [-0.4, -0.2) is 19.2 Å². The lowest BCUT2D eigenvalue weighted by atomic mass is 10.1. The molecule has 0 aliphatic heterocycles. The third-order valence-corrected chi connectivity index (χ3v) is 3.82. The lowest BCUT2D eigenvalue weighted by Gasteiger charge is -2.05. The van der Waals surface area contributed by atoms with Crippen molar-refractivity contribution in [3.05, 3.63) is 63.1 Å². The largest absolute Gasteiger partial charge is 0.496 e. The molecule has 0 saturated heterocycles. The molecule has 5 heteroatoms. The number of amides is 1. The van der Waals surface area contributed by atoms with Crippen LogP contribution < -0.4 is 10.2 Å². The van der Waals surface area contributed by atoms with Gasteiger partial charge in [0.05, 0.1) is 13.3 Å². The van der Waals surface area contributed by atoms with E-state index in [1.807, 2.05) is 44.2 Å². The van der Waals surface area contributed by atoms with Crippen LogP contribution in [0, 0.1) is 13.8 Å². The number of carbonyl (C=O) groups excluding carboxylic acids is 1. The number of ether oxygens (including phenoxy) is 1. The number of aryl methyl sites for hydroxylation is 2. The predicted molar refractivity (Wildman–Crippen MR) is 91.7 cm³/mol. The van der Waals surface area contributed by atoms with Gasteiger partial charge in [-0.25, -0.2) is 5.43 Å². The van der Waals surface area contributed by atoms with Crippen LogP contribution in [0.15, 0.2) is 46.0 Å². The SMILES string of the molecule is COc1ccc(Br)cc1/C=N/NC(=O)c1ccc(C)c(C)c1. The van der Waals surface area contributed by atoms with E-state index < -0.39 is 0 Å². The fourth-order valence-corrected chi connectivity index (χ4v) is 2.29. The molecule has 0 aromatic heterocycles. The van der Waals surface area contributed by atoms with Gasteiger partial charge in [0, 0.05) is 15.6 Å². The third kappa shape index (κ3) is 3.95. The number of carbonyl (C=O) groups is 1. The topological polar surface area (TPSA) is 50.7 Å². The maximum absolute atomic E-state index is 12.1. The Labute approximate surface area is 138 Å². The van der Waals surface area contributed by atoms with Crippen molar-refractivity contribution < 1.29 is 9.53 Å². The number of rotatable bonds is 4. The zero-order valence-corrected chi connectivity index (χ0v) is 14.3. The molecule has 2 aromatic rings. The maximum atomic E-state index is 12.1. The smallest absolute Gasteiger partial charge is 0.271 e. The summed E-state index contributed by atoms with van der Waals surface area (Å²) in [6.45, 7) is 3.98. The van der Waals surface area contributed by atoms with Crippen LogP contribution in [0.2, 0.25) is 0 Å². The molecule has 0 saturated carbocycles. The van der Waals surface area contributed by atoms with E-state index in [0.29, 0.717) is 11.3 Å². The first-order valence-corrected chi connectivity index (χ1v) is 7.55. The Hall–Kier alpha value is -2.14. The summed E-state index contributed by atoms with van der Waals surface area (Å²) in [6.07, 6.45) is 1.56. The van der Waals surface area contributed by atoms with Crippen molar-refractivity contribution >= 4 is 28.1 Å². The third-order valence-electron chi connectivity index (χ3n) is 3.33. The molecule has 0 aliphatic carbocycles. The van der Waals surface area contributed by atoms with Crippen LogP contribution in [0.5, 0.6) is 5.75 Å². The molecule has 1 N–H and O–H groups in total. The standard InChI is InChI=1S/C17H17BrN2O2/c1-11-4-5-13(8-12(11)2)17(21)20-19-10-14-9-15(18)6-7-16(14)22-3/h4-10H,1-3H3,(H,20,21)/b19-10+. The molecule has 0 fully saturated rings. The quantitative estimate of drug-likeness (QED) is 0.665. The van der Waals surface area contributed by atoms with Gasteiger partial charge in [-0.1, -0.05) is 22.0 Å². The average Bonchev–Trinajstić information content (AvgIpc) is 2.50. The van der Waals surface area contributed by atoms with Crippen LogP contribution in [0.25, 0.3) is 0 Å². The molecular weight excluding hydrogens is 344 g/mol. The van der Waals surface area contributed by atoms with Crippen molar-refractivity contribution in [2.24, 2.45) is 5.10 Å². The molecule has 114 valence electrons. The molecule has 0 radical (unpaired) electrons. The van der Waals surface area contributed by atoms with Gasteiger partial charge in [-0.2, -0.15) is 5.10 Å². The Bertz CT molecular complexity index is 727. The summed E-state index contributed by atoms with van der Waals surface area (Å²) in [5.41, 5.74) is 6.11. The Morgan fingerprint density at radius 1 is 1.18 bits per heavy atom. The minimum absolute atomic E-state index is 0.242. The van der Waals surface area contributed by atoms with E-state index in [-0.39, 0.29) is 5.91 Å². The number of halogens is 1. The monoisotopic (exact) mass is 360 g/mol. The molecule has 0 atom stereocenters. The minimum atomic E-state index is -0.242. The second-order valence-electron chi connectivity index (χ2n) is 4.88. The van der Waals surface area contributed by atoms with Crippen LogP contribution in [-0.2, 0) is 0 Å². The van der Waals surface area contributed by atoms with E-state index in [2.05, 4.69) is 26.5 Å². The second-order valence-corrected chi connectivity index (χ2v) is 5.80. The highest BCUT2D eigenvalue weighted by Crippen LogP contribution is 2.21. The molecule has 2 rings (SSSR count). The van der Waals surface area contributed by atoms with Crippen molar-refractivity contribution in [2.75, 3.05) is 7.11 Å². The predicted octanol–water partition coefficient (Wildman–Crippen LogP) is 3.84. The lowest BCUT2D eigenvalue weighted by Crippen LogP contribution is -2.17. The first-order valence-electron chi connectivity index (χ1n) is 6.75. The number of hydrazone groups is 1. The molecule has 2 aromatic carbocycles. The van der Waals surface area contributed by atoms with Gasteiger partial charge >= 0.3 is 0 Å². The van der Waals surface area contributed by atoms with E-state index in [1.165, 1.54) is 0 Å². The number of hydrogen-bond acceptors (Lipinski definition) is 3. The molecule has 22 heavy (non-hydrogen) atoms. The summed E-state index contributed by atoms with van der Waals surface area (Å²) in [6, 6.07) is 11.1. The van der Waals surface area contributed by atoms with E-state index in [4.69, 9.17) is 4.74 Å². The molecule has 0 bridgehead atoms. The van der Waals surface area contributed by atoms with Gasteiger partial charge in [-0.15, -0.1) is 0 Å². The Morgan fingerprint density at radius 2 is 1.95 bits per heavy atom. The van der Waals surface area contributed by atoms with E-state index in [0.717, 1.165) is 21.2 Å². The van der Waals surface area contributed by atoms with Crippen LogP contribution in [0.1, 0.15) is 27.0 Å². The first kappa shape index (κ1) is 16.2. The fraction of sp³-hybridized carbons (Fsp3) is 0.176. The average molecular weight is 361 g/mol. The summed E-state index contributed by atoms with van der Waals surface area (Å²) in [5, 5.41) is 3.99. The number of benzene rings is 2. The molecule has 0 aliphatic rings. The number of hydrogen-bond donors (Lipinski definition) is 1. The Morgan fingerprint density at radius 3 is 2.64 bits per heavy atom. The normalized spacial score (nSPS) is 10.7. The van der Waals surface area contributed by atoms with Gasteiger partial charge in [0.15, 0.2) is 0 Å². The highest BCUT2D eigenvalue weighted by atomic mass is 79.9. The summed E-state index contributed by atoms with van der Waals surface area (Å²) < 4.78 is 6.16.